The van der Waals surface area contributed by atoms with Crippen molar-refractivity contribution in [1.82, 2.24) is 0 Å². The zero-order valence-electron chi connectivity index (χ0n) is 9.43. The second kappa shape index (κ2) is 3.79. The minimum Gasteiger partial charge on any atom is -0.207 e. The summed E-state index contributed by atoms with van der Waals surface area (Å²) in [5.41, 5.74) is 0.312. The Balaban J connectivity index is 2.29. The molecule has 0 heterocycles. The van der Waals surface area contributed by atoms with E-state index in [1.165, 1.54) is 12.1 Å². The average Bonchev–Trinajstić information content (AvgIpc) is 2.98. The normalized spacial score (nSPS) is 18.6. The molecule has 1 fully saturated rings. The maximum Gasteiger partial charge on any atom is 0.270 e. The molecule has 0 saturated heterocycles. The van der Waals surface area contributed by atoms with Gasteiger partial charge in [0.1, 0.15) is 5.82 Å². The molecule has 1 aromatic rings. The van der Waals surface area contributed by atoms with Crippen LogP contribution in [0.4, 0.5) is 13.2 Å². The summed E-state index contributed by atoms with van der Waals surface area (Å²) in [6, 6.07) is 3.80. The molecule has 0 aliphatic heterocycles. The summed E-state index contributed by atoms with van der Waals surface area (Å²) in [6.45, 7) is 2.74. The Hall–Kier alpha value is -0.990. The van der Waals surface area contributed by atoms with Gasteiger partial charge in [0.15, 0.2) is 0 Å². The Morgan fingerprint density at radius 1 is 1.31 bits per heavy atom. The molecule has 1 aromatic carbocycles. The third kappa shape index (κ3) is 2.23. The number of halogens is 3. The van der Waals surface area contributed by atoms with E-state index >= 15 is 0 Å². The van der Waals surface area contributed by atoms with Gasteiger partial charge in [-0.2, -0.15) is 0 Å². The summed E-state index contributed by atoms with van der Waals surface area (Å²) in [5.74, 6) is -2.80. The molecule has 0 bridgehead atoms. The molecule has 1 saturated carbocycles. The highest BCUT2D eigenvalue weighted by Gasteiger charge is 2.31. The predicted molar refractivity (Wildman–Crippen MR) is 57.1 cm³/mol. The lowest BCUT2D eigenvalue weighted by atomic mass is 9.94. The molecule has 1 atom stereocenters. The molecular weight excluding hydrogens is 213 g/mol. The SMILES string of the molecule is CC(c1ccc(C(C)(F)F)cc1F)C1CC1. The van der Waals surface area contributed by atoms with Crippen molar-refractivity contribution in [3.63, 3.8) is 0 Å². The third-order valence-electron chi connectivity index (χ3n) is 3.33. The van der Waals surface area contributed by atoms with Crippen molar-refractivity contribution >= 4 is 0 Å². The Morgan fingerprint density at radius 3 is 2.38 bits per heavy atom. The van der Waals surface area contributed by atoms with Gasteiger partial charge in [-0.3, -0.25) is 0 Å². The monoisotopic (exact) mass is 228 g/mol. The number of hydrogen-bond acceptors (Lipinski definition) is 0. The smallest absolute Gasteiger partial charge is 0.207 e. The van der Waals surface area contributed by atoms with Gasteiger partial charge in [0.25, 0.3) is 5.92 Å². The molecule has 1 aliphatic carbocycles. The fourth-order valence-electron chi connectivity index (χ4n) is 2.02. The van der Waals surface area contributed by atoms with E-state index in [0.717, 1.165) is 25.8 Å². The van der Waals surface area contributed by atoms with Crippen LogP contribution < -0.4 is 0 Å². The summed E-state index contributed by atoms with van der Waals surface area (Å²) in [4.78, 5) is 0. The van der Waals surface area contributed by atoms with Gasteiger partial charge in [0, 0.05) is 12.5 Å². The summed E-state index contributed by atoms with van der Waals surface area (Å²) in [6.07, 6.45) is 2.23. The standard InChI is InChI=1S/C13H15F3/c1-8(9-3-4-9)11-6-5-10(7-12(11)14)13(2,15)16/h5-9H,3-4H2,1-2H3. The van der Waals surface area contributed by atoms with Crippen LogP contribution in [0.15, 0.2) is 18.2 Å². The summed E-state index contributed by atoms with van der Waals surface area (Å²) in [5, 5.41) is 0. The Morgan fingerprint density at radius 2 is 1.94 bits per heavy atom. The summed E-state index contributed by atoms with van der Waals surface area (Å²) in [7, 11) is 0. The first-order chi connectivity index (χ1) is 7.39. The van der Waals surface area contributed by atoms with Crippen LogP contribution in [-0.4, -0.2) is 0 Å². The fourth-order valence-corrected chi connectivity index (χ4v) is 2.02. The van der Waals surface area contributed by atoms with E-state index in [-0.39, 0.29) is 11.5 Å². The van der Waals surface area contributed by atoms with Crippen LogP contribution in [0.5, 0.6) is 0 Å². The molecule has 2 rings (SSSR count). The Bertz CT molecular complexity index is 389. The number of alkyl halides is 2. The van der Waals surface area contributed by atoms with Crippen LogP contribution >= 0.6 is 0 Å². The minimum absolute atomic E-state index is 0.138. The van der Waals surface area contributed by atoms with Gasteiger partial charge in [-0.25, -0.2) is 13.2 Å². The van der Waals surface area contributed by atoms with Crippen LogP contribution in [-0.2, 0) is 5.92 Å². The number of rotatable bonds is 3. The summed E-state index contributed by atoms with van der Waals surface area (Å²) < 4.78 is 39.6. The zero-order chi connectivity index (χ0) is 11.9. The number of hydrogen-bond donors (Lipinski definition) is 0. The topological polar surface area (TPSA) is 0 Å². The van der Waals surface area contributed by atoms with Gasteiger partial charge in [0.2, 0.25) is 0 Å². The maximum absolute atomic E-state index is 13.7. The lowest BCUT2D eigenvalue weighted by Crippen LogP contribution is -2.09. The summed E-state index contributed by atoms with van der Waals surface area (Å²) >= 11 is 0. The largest absolute Gasteiger partial charge is 0.270 e. The molecule has 0 N–H and O–H groups in total. The van der Waals surface area contributed by atoms with Crippen LogP contribution in [0.3, 0.4) is 0 Å². The molecule has 0 spiro atoms. The second-order valence-corrected chi connectivity index (χ2v) is 4.75. The molecular formula is C13H15F3. The molecule has 0 nitrogen and oxygen atoms in total. The fraction of sp³-hybridized carbons (Fsp3) is 0.538. The van der Waals surface area contributed by atoms with Gasteiger partial charge < -0.3 is 0 Å². The highest BCUT2D eigenvalue weighted by Crippen LogP contribution is 2.43. The molecule has 16 heavy (non-hydrogen) atoms. The van der Waals surface area contributed by atoms with E-state index in [1.54, 1.807) is 0 Å². The van der Waals surface area contributed by atoms with E-state index in [2.05, 4.69) is 0 Å². The molecule has 1 aliphatic rings. The first kappa shape index (κ1) is 11.5. The van der Waals surface area contributed by atoms with Crippen molar-refractivity contribution in [2.45, 2.75) is 38.5 Å². The van der Waals surface area contributed by atoms with Crippen molar-refractivity contribution in [3.8, 4) is 0 Å². The van der Waals surface area contributed by atoms with Gasteiger partial charge in [-0.1, -0.05) is 19.1 Å². The molecule has 1 unspecified atom stereocenters. The first-order valence-electron chi connectivity index (χ1n) is 5.57. The van der Waals surface area contributed by atoms with E-state index in [9.17, 15) is 13.2 Å². The maximum atomic E-state index is 13.7. The average molecular weight is 228 g/mol. The molecule has 0 radical (unpaired) electrons. The van der Waals surface area contributed by atoms with Crippen molar-refractivity contribution in [2.75, 3.05) is 0 Å². The van der Waals surface area contributed by atoms with E-state index in [1.807, 2.05) is 6.92 Å². The quantitative estimate of drug-likeness (QED) is 0.717. The third-order valence-corrected chi connectivity index (χ3v) is 3.33. The van der Waals surface area contributed by atoms with Crippen LogP contribution in [0.1, 0.15) is 43.7 Å². The lowest BCUT2D eigenvalue weighted by molar-refractivity contribution is 0.0171. The highest BCUT2D eigenvalue weighted by molar-refractivity contribution is 5.30. The van der Waals surface area contributed by atoms with Crippen molar-refractivity contribution in [2.24, 2.45) is 5.92 Å². The van der Waals surface area contributed by atoms with Crippen LogP contribution in [0.2, 0.25) is 0 Å². The van der Waals surface area contributed by atoms with Crippen molar-refractivity contribution in [3.05, 3.63) is 35.1 Å². The lowest BCUT2D eigenvalue weighted by Gasteiger charge is -2.15. The van der Waals surface area contributed by atoms with Crippen LogP contribution in [0.25, 0.3) is 0 Å². The molecule has 0 aromatic heterocycles. The van der Waals surface area contributed by atoms with Crippen molar-refractivity contribution < 1.29 is 13.2 Å². The van der Waals surface area contributed by atoms with Gasteiger partial charge in [0.05, 0.1) is 0 Å². The Kier molecular flexibility index (Phi) is 2.72. The first-order valence-corrected chi connectivity index (χ1v) is 5.57. The van der Waals surface area contributed by atoms with Crippen LogP contribution in [0, 0.1) is 11.7 Å². The number of benzene rings is 1. The highest BCUT2D eigenvalue weighted by atomic mass is 19.3. The zero-order valence-corrected chi connectivity index (χ0v) is 9.43. The Labute approximate surface area is 93.5 Å². The van der Waals surface area contributed by atoms with Gasteiger partial charge in [-0.05, 0) is 36.3 Å². The molecule has 88 valence electrons. The van der Waals surface area contributed by atoms with Crippen molar-refractivity contribution in [1.29, 1.82) is 0 Å². The predicted octanol–water partition coefficient (Wildman–Crippen LogP) is 4.45. The molecule has 0 amide bonds. The van der Waals surface area contributed by atoms with Gasteiger partial charge >= 0.3 is 0 Å². The van der Waals surface area contributed by atoms with E-state index in [0.29, 0.717) is 11.5 Å². The van der Waals surface area contributed by atoms with Gasteiger partial charge in [-0.15, -0.1) is 0 Å². The second-order valence-electron chi connectivity index (χ2n) is 4.75. The molecule has 3 heteroatoms. The van der Waals surface area contributed by atoms with E-state index < -0.39 is 11.7 Å². The van der Waals surface area contributed by atoms with E-state index in [4.69, 9.17) is 0 Å². The minimum atomic E-state index is -2.97.